The van der Waals surface area contributed by atoms with Crippen molar-refractivity contribution in [2.75, 3.05) is 20.7 Å². The van der Waals surface area contributed by atoms with E-state index in [0.717, 1.165) is 31.3 Å². The van der Waals surface area contributed by atoms with Crippen LogP contribution in [0.3, 0.4) is 0 Å². The zero-order valence-electron chi connectivity index (χ0n) is 16.1. The van der Waals surface area contributed by atoms with Crippen LogP contribution < -0.4 is 0 Å². The Bertz CT molecular complexity index is 425. The number of ether oxygens (including phenoxy) is 1. The molecule has 4 nitrogen and oxygen atoms in total. The van der Waals surface area contributed by atoms with E-state index in [4.69, 9.17) is 4.74 Å². The molecule has 1 amide bonds. The number of allylic oxidation sites excluding steroid dienone is 3. The smallest absolute Gasteiger partial charge is 0.330 e. The maximum Gasteiger partial charge on any atom is 0.330 e. The van der Waals surface area contributed by atoms with Crippen LogP contribution in [0.15, 0.2) is 23.8 Å². The van der Waals surface area contributed by atoms with Crippen LogP contribution in [0.25, 0.3) is 0 Å². The van der Waals surface area contributed by atoms with Gasteiger partial charge in [-0.1, -0.05) is 57.8 Å². The molecule has 24 heavy (non-hydrogen) atoms. The molecule has 4 heteroatoms. The summed E-state index contributed by atoms with van der Waals surface area (Å²) in [5, 5.41) is 0. The molecular formula is C20H35NO3. The summed E-state index contributed by atoms with van der Waals surface area (Å²) in [5.74, 6) is -0.305. The molecule has 0 bridgehead atoms. The fourth-order valence-corrected chi connectivity index (χ4v) is 2.32. The molecule has 0 rings (SSSR count). The van der Waals surface area contributed by atoms with Gasteiger partial charge < -0.3 is 9.64 Å². The predicted molar refractivity (Wildman–Crippen MR) is 99.7 cm³/mol. The molecule has 0 aromatic rings. The normalized spacial score (nSPS) is 13.1. The van der Waals surface area contributed by atoms with Crippen LogP contribution in [0, 0.1) is 5.92 Å². The van der Waals surface area contributed by atoms with Gasteiger partial charge in [-0.15, -0.1) is 0 Å². The first kappa shape index (κ1) is 22.4. The molecule has 0 N–H and O–H groups in total. The first-order chi connectivity index (χ1) is 11.4. The fourth-order valence-electron chi connectivity index (χ4n) is 2.32. The lowest BCUT2D eigenvalue weighted by Crippen LogP contribution is -2.28. The van der Waals surface area contributed by atoms with E-state index in [1.807, 2.05) is 6.92 Å². The van der Waals surface area contributed by atoms with Gasteiger partial charge in [-0.3, -0.25) is 4.79 Å². The number of carbonyl (C=O) groups is 2. The summed E-state index contributed by atoms with van der Waals surface area (Å²) in [7, 11) is 3.54. The van der Waals surface area contributed by atoms with Gasteiger partial charge in [0.1, 0.15) is 0 Å². The Hall–Kier alpha value is -1.58. The van der Waals surface area contributed by atoms with E-state index >= 15 is 0 Å². The van der Waals surface area contributed by atoms with Gasteiger partial charge >= 0.3 is 5.97 Å². The van der Waals surface area contributed by atoms with Gasteiger partial charge in [-0.05, 0) is 25.7 Å². The van der Waals surface area contributed by atoms with Crippen LogP contribution in [-0.4, -0.2) is 37.5 Å². The number of hydrogen-bond donors (Lipinski definition) is 0. The number of amides is 1. The van der Waals surface area contributed by atoms with E-state index < -0.39 is 0 Å². The monoisotopic (exact) mass is 337 g/mol. The largest absolute Gasteiger partial charge is 0.463 e. The van der Waals surface area contributed by atoms with Crippen molar-refractivity contribution >= 4 is 11.9 Å². The van der Waals surface area contributed by atoms with Crippen molar-refractivity contribution in [1.29, 1.82) is 0 Å². The minimum absolute atomic E-state index is 0.0989. The minimum Gasteiger partial charge on any atom is -0.463 e. The second kappa shape index (κ2) is 13.8. The quantitative estimate of drug-likeness (QED) is 0.228. The third-order valence-corrected chi connectivity index (χ3v) is 3.79. The highest BCUT2D eigenvalue weighted by molar-refractivity contribution is 5.82. The van der Waals surface area contributed by atoms with Crippen molar-refractivity contribution in [3.63, 3.8) is 0 Å². The summed E-state index contributed by atoms with van der Waals surface area (Å²) in [6.07, 6.45) is 12.4. The molecular weight excluding hydrogens is 302 g/mol. The standard InChI is InChI=1S/C20H35NO3/c1-6-8-10-11-12-18(16-17(3)20(23)21(4)5)13-14-19(22)24-15-9-7-2/h12-14,17H,6-11,15-16H2,1-5H3/b14-13+,18-12-. The number of carbonyl (C=O) groups excluding carboxylic acids is 2. The topological polar surface area (TPSA) is 46.6 Å². The zero-order chi connectivity index (χ0) is 18.4. The number of unbranched alkanes of at least 4 members (excludes halogenated alkanes) is 4. The van der Waals surface area contributed by atoms with Crippen molar-refractivity contribution in [2.45, 2.75) is 65.7 Å². The molecule has 0 aromatic carbocycles. The van der Waals surface area contributed by atoms with E-state index in [-0.39, 0.29) is 17.8 Å². The molecule has 0 heterocycles. The lowest BCUT2D eigenvalue weighted by atomic mass is 9.98. The van der Waals surface area contributed by atoms with E-state index in [1.165, 1.54) is 18.9 Å². The van der Waals surface area contributed by atoms with Gasteiger partial charge in [0.2, 0.25) is 5.91 Å². The molecule has 0 saturated heterocycles. The molecule has 0 aliphatic rings. The molecule has 0 spiro atoms. The summed E-state index contributed by atoms with van der Waals surface area (Å²) in [4.78, 5) is 25.4. The molecule has 138 valence electrons. The molecule has 1 unspecified atom stereocenters. The highest BCUT2D eigenvalue weighted by Gasteiger charge is 2.15. The average Bonchev–Trinajstić information content (AvgIpc) is 2.55. The number of nitrogens with zero attached hydrogens (tertiary/aromatic N) is 1. The third kappa shape index (κ3) is 11.0. The van der Waals surface area contributed by atoms with Gasteiger partial charge in [0.05, 0.1) is 6.61 Å². The van der Waals surface area contributed by atoms with E-state index in [2.05, 4.69) is 19.9 Å². The summed E-state index contributed by atoms with van der Waals surface area (Å²) in [5.41, 5.74) is 1.03. The van der Waals surface area contributed by atoms with Crippen LogP contribution in [0.2, 0.25) is 0 Å². The highest BCUT2D eigenvalue weighted by atomic mass is 16.5. The average molecular weight is 338 g/mol. The Balaban J connectivity index is 4.73. The molecule has 0 fully saturated rings. The summed E-state index contributed by atoms with van der Waals surface area (Å²) < 4.78 is 5.14. The van der Waals surface area contributed by atoms with E-state index in [0.29, 0.717) is 13.0 Å². The third-order valence-electron chi connectivity index (χ3n) is 3.79. The van der Waals surface area contributed by atoms with Crippen molar-refractivity contribution < 1.29 is 14.3 Å². The minimum atomic E-state index is -0.311. The molecule has 0 saturated carbocycles. The van der Waals surface area contributed by atoms with Crippen LogP contribution in [0.1, 0.15) is 65.7 Å². The van der Waals surface area contributed by atoms with Gasteiger partial charge in [0.25, 0.3) is 0 Å². The van der Waals surface area contributed by atoms with Crippen molar-refractivity contribution in [3.8, 4) is 0 Å². The second-order valence-electron chi connectivity index (χ2n) is 6.47. The number of hydrogen-bond acceptors (Lipinski definition) is 3. The Morgan fingerprint density at radius 3 is 2.29 bits per heavy atom. The first-order valence-electron chi connectivity index (χ1n) is 9.17. The van der Waals surface area contributed by atoms with Crippen LogP contribution in [0.5, 0.6) is 0 Å². The first-order valence-corrected chi connectivity index (χ1v) is 9.17. The Labute approximate surface area is 147 Å². The van der Waals surface area contributed by atoms with Gasteiger partial charge in [0, 0.05) is 26.1 Å². The molecule has 0 aliphatic heterocycles. The van der Waals surface area contributed by atoms with E-state index in [1.54, 1.807) is 25.1 Å². The Kier molecular flexibility index (Phi) is 12.9. The number of rotatable bonds is 12. The lowest BCUT2D eigenvalue weighted by Gasteiger charge is -2.17. The lowest BCUT2D eigenvalue weighted by molar-refractivity contribution is -0.137. The van der Waals surface area contributed by atoms with Crippen molar-refractivity contribution in [1.82, 2.24) is 4.90 Å². The van der Waals surface area contributed by atoms with E-state index in [9.17, 15) is 9.59 Å². The molecule has 0 aromatic heterocycles. The highest BCUT2D eigenvalue weighted by Crippen LogP contribution is 2.16. The van der Waals surface area contributed by atoms with Gasteiger partial charge in [-0.25, -0.2) is 4.79 Å². The summed E-state index contributed by atoms with van der Waals surface area (Å²) in [6, 6.07) is 0. The molecule has 0 aliphatic carbocycles. The zero-order valence-corrected chi connectivity index (χ0v) is 16.1. The SMILES string of the molecule is CCCCC/C=C(/C=C/C(=O)OCCCC)CC(C)C(=O)N(C)C. The fraction of sp³-hybridized carbons (Fsp3) is 0.700. The van der Waals surface area contributed by atoms with Crippen LogP contribution >= 0.6 is 0 Å². The number of esters is 1. The second-order valence-corrected chi connectivity index (χ2v) is 6.47. The maximum absolute atomic E-state index is 12.1. The molecule has 0 radical (unpaired) electrons. The Morgan fingerprint density at radius 2 is 1.71 bits per heavy atom. The van der Waals surface area contributed by atoms with Gasteiger partial charge in [-0.2, -0.15) is 0 Å². The summed E-state index contributed by atoms with van der Waals surface area (Å²) >= 11 is 0. The Morgan fingerprint density at radius 1 is 1.04 bits per heavy atom. The van der Waals surface area contributed by atoms with Crippen LogP contribution in [0.4, 0.5) is 0 Å². The van der Waals surface area contributed by atoms with Crippen molar-refractivity contribution in [2.24, 2.45) is 5.92 Å². The van der Waals surface area contributed by atoms with Crippen molar-refractivity contribution in [3.05, 3.63) is 23.8 Å². The molecule has 1 atom stereocenters. The maximum atomic E-state index is 12.1. The van der Waals surface area contributed by atoms with Gasteiger partial charge in [0.15, 0.2) is 0 Å². The predicted octanol–water partition coefficient (Wildman–Crippen LogP) is 4.51. The van der Waals surface area contributed by atoms with Crippen LogP contribution in [-0.2, 0) is 14.3 Å². The summed E-state index contributed by atoms with van der Waals surface area (Å²) in [6.45, 7) is 6.62.